The standard InChI is InChI=1S/C23H32N4O3/c1-16-17(2)24-22(25-23(16)27-10-12-30-13-11-27)18-6-8-26(9-7-18)15-19-4-5-20(29-3)14-21(19)28/h4-5,14,18,28H,6-13,15H2,1-3H3. The second kappa shape index (κ2) is 9.18. The molecule has 0 atom stereocenters. The van der Waals surface area contributed by atoms with Crippen molar-refractivity contribution < 1.29 is 14.6 Å². The molecular weight excluding hydrogens is 380 g/mol. The van der Waals surface area contributed by atoms with Crippen LogP contribution in [0.25, 0.3) is 0 Å². The third kappa shape index (κ3) is 4.52. The zero-order valence-corrected chi connectivity index (χ0v) is 18.2. The fourth-order valence-corrected chi connectivity index (χ4v) is 4.29. The Bertz CT molecular complexity index is 875. The molecular formula is C23H32N4O3. The van der Waals surface area contributed by atoms with Gasteiger partial charge in [0.05, 0.1) is 20.3 Å². The molecule has 4 rings (SSSR count). The van der Waals surface area contributed by atoms with Crippen molar-refractivity contribution in [3.63, 3.8) is 0 Å². The summed E-state index contributed by atoms with van der Waals surface area (Å²) in [5.74, 6) is 3.41. The fourth-order valence-electron chi connectivity index (χ4n) is 4.29. The molecule has 0 amide bonds. The molecule has 1 N–H and O–H groups in total. The fraction of sp³-hybridized carbons (Fsp3) is 0.565. The number of benzene rings is 1. The molecule has 2 saturated heterocycles. The Labute approximate surface area is 178 Å². The van der Waals surface area contributed by atoms with Crippen molar-refractivity contribution in [2.45, 2.75) is 39.2 Å². The maximum absolute atomic E-state index is 10.3. The van der Waals surface area contributed by atoms with E-state index < -0.39 is 0 Å². The maximum Gasteiger partial charge on any atom is 0.135 e. The number of rotatable bonds is 5. The van der Waals surface area contributed by atoms with E-state index in [1.165, 1.54) is 5.56 Å². The second-order valence-electron chi connectivity index (χ2n) is 8.26. The summed E-state index contributed by atoms with van der Waals surface area (Å²) in [7, 11) is 1.61. The Morgan fingerprint density at radius 1 is 1.10 bits per heavy atom. The molecule has 0 unspecified atom stereocenters. The Hall–Kier alpha value is -2.38. The lowest BCUT2D eigenvalue weighted by atomic mass is 9.95. The molecule has 3 heterocycles. The molecule has 7 nitrogen and oxygen atoms in total. The van der Waals surface area contributed by atoms with Crippen LogP contribution in [-0.2, 0) is 11.3 Å². The summed E-state index contributed by atoms with van der Waals surface area (Å²) in [5, 5.41) is 10.3. The van der Waals surface area contributed by atoms with Gasteiger partial charge in [-0.05, 0) is 45.8 Å². The molecule has 2 aromatic rings. The van der Waals surface area contributed by atoms with Gasteiger partial charge in [0.2, 0.25) is 0 Å². The number of aromatic nitrogens is 2. The van der Waals surface area contributed by atoms with E-state index in [1.54, 1.807) is 13.2 Å². The van der Waals surface area contributed by atoms with Crippen molar-refractivity contribution in [1.29, 1.82) is 0 Å². The number of hydrogen-bond donors (Lipinski definition) is 1. The third-order valence-electron chi connectivity index (χ3n) is 6.33. The first kappa shape index (κ1) is 20.9. The minimum absolute atomic E-state index is 0.295. The van der Waals surface area contributed by atoms with E-state index in [2.05, 4.69) is 23.6 Å². The molecule has 0 saturated carbocycles. The van der Waals surface area contributed by atoms with Crippen LogP contribution in [-0.4, -0.2) is 66.5 Å². The van der Waals surface area contributed by atoms with Crippen LogP contribution in [0.4, 0.5) is 5.82 Å². The molecule has 2 aliphatic rings. The predicted molar refractivity (Wildman–Crippen MR) is 116 cm³/mol. The van der Waals surface area contributed by atoms with Crippen molar-refractivity contribution >= 4 is 5.82 Å². The Kier molecular flexibility index (Phi) is 6.39. The van der Waals surface area contributed by atoms with Crippen molar-refractivity contribution in [2.75, 3.05) is 51.4 Å². The van der Waals surface area contributed by atoms with Crippen LogP contribution < -0.4 is 9.64 Å². The minimum atomic E-state index is 0.295. The van der Waals surface area contributed by atoms with E-state index in [0.29, 0.717) is 17.4 Å². The zero-order chi connectivity index (χ0) is 21.1. The quantitative estimate of drug-likeness (QED) is 0.809. The molecule has 30 heavy (non-hydrogen) atoms. The highest BCUT2D eigenvalue weighted by molar-refractivity contribution is 5.49. The van der Waals surface area contributed by atoms with E-state index in [4.69, 9.17) is 19.4 Å². The Balaban J connectivity index is 1.42. The normalized spacial score (nSPS) is 18.6. The van der Waals surface area contributed by atoms with E-state index in [1.807, 2.05) is 12.1 Å². The molecule has 2 fully saturated rings. The molecule has 0 spiro atoms. The van der Waals surface area contributed by atoms with Crippen LogP contribution in [0.15, 0.2) is 18.2 Å². The number of phenols is 1. The number of ether oxygens (including phenoxy) is 2. The topological polar surface area (TPSA) is 71.0 Å². The highest BCUT2D eigenvalue weighted by Gasteiger charge is 2.26. The average Bonchev–Trinajstić information content (AvgIpc) is 2.78. The number of methoxy groups -OCH3 is 1. The summed E-state index contributed by atoms with van der Waals surface area (Å²) in [5.41, 5.74) is 3.19. The number of anilines is 1. The molecule has 0 aliphatic carbocycles. The Morgan fingerprint density at radius 2 is 1.83 bits per heavy atom. The first-order valence-corrected chi connectivity index (χ1v) is 10.8. The van der Waals surface area contributed by atoms with Crippen LogP contribution in [0, 0.1) is 13.8 Å². The number of phenolic OH excluding ortho intramolecular Hbond substituents is 1. The lowest BCUT2D eigenvalue weighted by Crippen LogP contribution is -2.38. The lowest BCUT2D eigenvalue weighted by Gasteiger charge is -2.33. The van der Waals surface area contributed by atoms with Gasteiger partial charge in [-0.3, -0.25) is 4.90 Å². The monoisotopic (exact) mass is 412 g/mol. The van der Waals surface area contributed by atoms with Gasteiger partial charge in [0.15, 0.2) is 0 Å². The van der Waals surface area contributed by atoms with Gasteiger partial charge >= 0.3 is 0 Å². The number of aromatic hydroxyl groups is 1. The number of morpholine rings is 1. The van der Waals surface area contributed by atoms with Crippen LogP contribution >= 0.6 is 0 Å². The van der Waals surface area contributed by atoms with Crippen molar-refractivity contribution in [2.24, 2.45) is 0 Å². The first-order chi connectivity index (χ1) is 14.5. The molecule has 1 aromatic carbocycles. The van der Waals surface area contributed by atoms with Crippen molar-refractivity contribution in [1.82, 2.24) is 14.9 Å². The number of nitrogens with zero attached hydrogens (tertiary/aromatic N) is 4. The molecule has 162 valence electrons. The SMILES string of the molecule is COc1ccc(CN2CCC(c3nc(C)c(C)c(N4CCOCC4)n3)CC2)c(O)c1. The van der Waals surface area contributed by atoms with Gasteiger partial charge in [0.1, 0.15) is 23.1 Å². The van der Waals surface area contributed by atoms with Gasteiger partial charge in [-0.1, -0.05) is 6.07 Å². The van der Waals surface area contributed by atoms with Crippen LogP contribution in [0.5, 0.6) is 11.5 Å². The number of piperidine rings is 1. The van der Waals surface area contributed by atoms with Crippen LogP contribution in [0.1, 0.15) is 41.4 Å². The largest absolute Gasteiger partial charge is 0.507 e. The lowest BCUT2D eigenvalue weighted by molar-refractivity contribution is 0.122. The molecule has 0 bridgehead atoms. The minimum Gasteiger partial charge on any atom is -0.507 e. The number of aryl methyl sites for hydroxylation is 1. The van der Waals surface area contributed by atoms with Gasteiger partial charge in [-0.2, -0.15) is 0 Å². The van der Waals surface area contributed by atoms with Gasteiger partial charge in [-0.25, -0.2) is 9.97 Å². The number of likely N-dealkylation sites (tertiary alicyclic amines) is 1. The van der Waals surface area contributed by atoms with Crippen molar-refractivity contribution in [3.05, 3.63) is 40.8 Å². The molecule has 7 heteroatoms. The molecule has 2 aliphatic heterocycles. The summed E-state index contributed by atoms with van der Waals surface area (Å²) >= 11 is 0. The molecule has 1 aromatic heterocycles. The average molecular weight is 413 g/mol. The highest BCUT2D eigenvalue weighted by atomic mass is 16.5. The van der Waals surface area contributed by atoms with Crippen LogP contribution in [0.3, 0.4) is 0 Å². The summed E-state index contributed by atoms with van der Waals surface area (Å²) in [4.78, 5) is 14.6. The van der Waals surface area contributed by atoms with Crippen LogP contribution in [0.2, 0.25) is 0 Å². The maximum atomic E-state index is 10.3. The van der Waals surface area contributed by atoms with Gasteiger partial charge in [-0.15, -0.1) is 0 Å². The predicted octanol–water partition coefficient (Wildman–Crippen LogP) is 3.02. The summed E-state index contributed by atoms with van der Waals surface area (Å²) in [6.07, 6.45) is 2.06. The Morgan fingerprint density at radius 3 is 2.50 bits per heavy atom. The van der Waals surface area contributed by atoms with Gasteiger partial charge in [0, 0.05) is 48.4 Å². The van der Waals surface area contributed by atoms with Gasteiger partial charge < -0.3 is 19.5 Å². The van der Waals surface area contributed by atoms with E-state index in [0.717, 1.165) is 81.7 Å². The van der Waals surface area contributed by atoms with E-state index >= 15 is 0 Å². The smallest absolute Gasteiger partial charge is 0.135 e. The van der Waals surface area contributed by atoms with Gasteiger partial charge in [0.25, 0.3) is 0 Å². The first-order valence-electron chi connectivity index (χ1n) is 10.8. The summed E-state index contributed by atoms with van der Waals surface area (Å²) in [6, 6.07) is 5.53. The van der Waals surface area contributed by atoms with E-state index in [9.17, 15) is 5.11 Å². The summed E-state index contributed by atoms with van der Waals surface area (Å²) < 4.78 is 10.7. The zero-order valence-electron chi connectivity index (χ0n) is 18.2. The highest BCUT2D eigenvalue weighted by Crippen LogP contribution is 2.31. The van der Waals surface area contributed by atoms with Crippen molar-refractivity contribution in [3.8, 4) is 11.5 Å². The van der Waals surface area contributed by atoms with E-state index in [-0.39, 0.29) is 0 Å². The molecule has 0 radical (unpaired) electrons. The number of hydrogen-bond acceptors (Lipinski definition) is 7. The second-order valence-corrected chi connectivity index (χ2v) is 8.26. The summed E-state index contributed by atoms with van der Waals surface area (Å²) in [6.45, 7) is 10.2. The third-order valence-corrected chi connectivity index (χ3v) is 6.33.